The first kappa shape index (κ1) is 15.8. The van der Waals surface area contributed by atoms with Crippen molar-refractivity contribution in [3.05, 3.63) is 10.8 Å². The number of nitrogen functional groups attached to an aromatic ring is 1. The van der Waals surface area contributed by atoms with E-state index in [2.05, 4.69) is 31.3 Å². The van der Waals surface area contributed by atoms with Crippen LogP contribution in [0.15, 0.2) is 10.8 Å². The minimum Gasteiger partial charge on any atom is -0.337 e. The Morgan fingerprint density at radius 3 is 3.00 bits per heavy atom. The van der Waals surface area contributed by atoms with Gasteiger partial charge in [0.15, 0.2) is 15.7 Å². The minimum absolute atomic E-state index is 0.111. The zero-order valence-corrected chi connectivity index (χ0v) is 14.1. The predicted octanol–water partition coefficient (Wildman–Crippen LogP) is 0.839. The lowest BCUT2D eigenvalue weighted by Crippen LogP contribution is -2.48. The van der Waals surface area contributed by atoms with Gasteiger partial charge in [-0.25, -0.2) is 24.2 Å². The number of thioether (sulfide) groups is 1. The monoisotopic (exact) mass is 381 g/mol. The molecule has 20 heavy (non-hydrogen) atoms. The molecule has 0 spiro atoms. The topological polar surface area (TPSA) is 101 Å². The summed E-state index contributed by atoms with van der Waals surface area (Å²) in [6, 6.07) is 0. The van der Waals surface area contributed by atoms with Crippen LogP contribution in [0, 0.1) is 0 Å². The molecule has 0 radical (unpaired) electrons. The van der Waals surface area contributed by atoms with E-state index in [4.69, 9.17) is 5.84 Å². The Morgan fingerprint density at radius 1 is 1.60 bits per heavy atom. The van der Waals surface area contributed by atoms with Crippen molar-refractivity contribution in [2.75, 3.05) is 34.1 Å². The van der Waals surface area contributed by atoms with E-state index in [1.165, 1.54) is 6.33 Å². The fraction of sp³-hybridized carbons (Fsp3) is 0.600. The highest BCUT2D eigenvalue weighted by atomic mass is 79.9. The molecule has 7 nitrogen and oxygen atoms in total. The van der Waals surface area contributed by atoms with E-state index in [0.29, 0.717) is 28.4 Å². The Kier molecular flexibility index (Phi) is 5.10. The van der Waals surface area contributed by atoms with Crippen molar-refractivity contribution in [3.8, 4) is 0 Å². The van der Waals surface area contributed by atoms with Gasteiger partial charge in [0.1, 0.15) is 22.0 Å². The fourth-order valence-corrected chi connectivity index (χ4v) is 5.49. The van der Waals surface area contributed by atoms with Crippen molar-refractivity contribution in [2.45, 2.75) is 12.3 Å². The van der Waals surface area contributed by atoms with E-state index in [0.717, 1.165) is 5.75 Å². The summed E-state index contributed by atoms with van der Waals surface area (Å²) in [5.41, 5.74) is 2.46. The molecule has 2 heterocycles. The van der Waals surface area contributed by atoms with Crippen LogP contribution >= 0.6 is 27.7 Å². The number of rotatable bonds is 4. The number of nitrogens with zero attached hydrogens (tertiary/aromatic N) is 3. The highest BCUT2D eigenvalue weighted by Gasteiger charge is 2.35. The number of anilines is 2. The van der Waals surface area contributed by atoms with Crippen LogP contribution in [-0.2, 0) is 9.84 Å². The van der Waals surface area contributed by atoms with Crippen molar-refractivity contribution in [3.63, 3.8) is 0 Å². The quantitative estimate of drug-likeness (QED) is 0.584. The first-order chi connectivity index (χ1) is 9.51. The molecule has 0 amide bonds. The van der Waals surface area contributed by atoms with Crippen LogP contribution in [0.5, 0.6) is 0 Å². The maximum Gasteiger partial charge on any atom is 0.171 e. The number of hydrazine groups is 1. The van der Waals surface area contributed by atoms with Crippen LogP contribution in [0.25, 0.3) is 0 Å². The van der Waals surface area contributed by atoms with Gasteiger partial charge in [0.25, 0.3) is 0 Å². The SMILES string of the molecule is CCS(=O)(=O)C1CSCCN1c1ncnc(NN)c1Br. The number of hydrogen-bond acceptors (Lipinski definition) is 8. The summed E-state index contributed by atoms with van der Waals surface area (Å²) in [6.07, 6.45) is 1.37. The molecule has 1 unspecified atom stereocenters. The standard InChI is InChI=1S/C10H16BrN5O2S2/c1-2-20(17,18)7-5-19-4-3-16(7)10-8(11)9(15-12)13-6-14-10/h6-7H,2-5,12H2,1H3,(H,13,14,15). The van der Waals surface area contributed by atoms with E-state index < -0.39 is 15.2 Å². The number of hydrogen-bond donors (Lipinski definition) is 2. The molecule has 2 rings (SSSR count). The second kappa shape index (κ2) is 6.46. The van der Waals surface area contributed by atoms with Crippen molar-refractivity contribution in [1.82, 2.24) is 9.97 Å². The summed E-state index contributed by atoms with van der Waals surface area (Å²) in [6.45, 7) is 2.28. The van der Waals surface area contributed by atoms with E-state index >= 15 is 0 Å². The van der Waals surface area contributed by atoms with Crippen LogP contribution in [0.4, 0.5) is 11.6 Å². The third kappa shape index (κ3) is 3.02. The summed E-state index contributed by atoms with van der Waals surface area (Å²) in [5, 5.41) is -0.567. The lowest BCUT2D eigenvalue weighted by Gasteiger charge is -2.36. The van der Waals surface area contributed by atoms with Crippen LogP contribution in [0.3, 0.4) is 0 Å². The van der Waals surface area contributed by atoms with E-state index in [9.17, 15) is 8.42 Å². The number of aromatic nitrogens is 2. The lowest BCUT2D eigenvalue weighted by atomic mass is 10.4. The van der Waals surface area contributed by atoms with E-state index in [-0.39, 0.29) is 5.75 Å². The molecule has 112 valence electrons. The van der Waals surface area contributed by atoms with Crippen LogP contribution in [0.2, 0.25) is 0 Å². The summed E-state index contributed by atoms with van der Waals surface area (Å²) >= 11 is 5.02. The van der Waals surface area contributed by atoms with Crippen LogP contribution < -0.4 is 16.2 Å². The smallest absolute Gasteiger partial charge is 0.171 e. The number of halogens is 1. The van der Waals surface area contributed by atoms with Gasteiger partial charge in [0.05, 0.1) is 0 Å². The number of sulfone groups is 1. The molecule has 1 aliphatic heterocycles. The van der Waals surface area contributed by atoms with Gasteiger partial charge in [0, 0.05) is 23.8 Å². The van der Waals surface area contributed by atoms with Crippen molar-refractivity contribution in [2.24, 2.45) is 5.84 Å². The molecule has 0 aromatic carbocycles. The van der Waals surface area contributed by atoms with Gasteiger partial charge < -0.3 is 10.3 Å². The molecule has 1 fully saturated rings. The number of nitrogens with two attached hydrogens (primary N) is 1. The lowest BCUT2D eigenvalue weighted by molar-refractivity contribution is 0.578. The first-order valence-corrected chi connectivity index (χ1v) is 9.70. The van der Waals surface area contributed by atoms with Gasteiger partial charge in [-0.3, -0.25) is 0 Å². The minimum atomic E-state index is -3.18. The normalized spacial score (nSPS) is 19.9. The Bertz CT molecular complexity index is 583. The third-order valence-electron chi connectivity index (χ3n) is 3.08. The maximum absolute atomic E-state index is 12.2. The zero-order valence-electron chi connectivity index (χ0n) is 10.9. The largest absolute Gasteiger partial charge is 0.337 e. The van der Waals surface area contributed by atoms with Crippen molar-refractivity contribution >= 4 is 49.2 Å². The van der Waals surface area contributed by atoms with Crippen LogP contribution in [0.1, 0.15) is 6.92 Å². The van der Waals surface area contributed by atoms with E-state index in [1.54, 1.807) is 18.7 Å². The Labute approximate surface area is 130 Å². The molecular weight excluding hydrogens is 366 g/mol. The molecule has 3 N–H and O–H groups in total. The van der Waals surface area contributed by atoms with E-state index in [1.807, 2.05) is 4.90 Å². The van der Waals surface area contributed by atoms with Gasteiger partial charge in [-0.05, 0) is 15.9 Å². The Balaban J connectivity index is 2.43. The molecular formula is C10H16BrN5O2S2. The average Bonchev–Trinajstić information content (AvgIpc) is 2.47. The second-order valence-corrected chi connectivity index (χ2v) is 8.57. The van der Waals surface area contributed by atoms with Gasteiger partial charge in [0.2, 0.25) is 0 Å². The summed E-state index contributed by atoms with van der Waals surface area (Å²) in [7, 11) is -3.18. The first-order valence-electron chi connectivity index (χ1n) is 6.04. The Morgan fingerprint density at radius 2 is 2.35 bits per heavy atom. The van der Waals surface area contributed by atoms with Crippen molar-refractivity contribution in [1.29, 1.82) is 0 Å². The number of nitrogens with one attached hydrogen (secondary N) is 1. The maximum atomic E-state index is 12.2. The molecule has 1 saturated heterocycles. The molecule has 1 atom stereocenters. The predicted molar refractivity (Wildman–Crippen MR) is 85.5 cm³/mol. The molecule has 0 aliphatic carbocycles. The van der Waals surface area contributed by atoms with Gasteiger partial charge in [-0.15, -0.1) is 0 Å². The molecule has 1 aromatic heterocycles. The molecule has 0 bridgehead atoms. The van der Waals surface area contributed by atoms with Gasteiger partial charge in [-0.2, -0.15) is 11.8 Å². The fourth-order valence-electron chi connectivity index (χ4n) is 1.97. The summed E-state index contributed by atoms with van der Waals surface area (Å²) in [4.78, 5) is 10.00. The third-order valence-corrected chi connectivity index (χ3v) is 7.10. The molecule has 1 aromatic rings. The Hall–Kier alpha value is -0.580. The molecule has 1 aliphatic rings. The summed E-state index contributed by atoms with van der Waals surface area (Å²) < 4.78 is 25.1. The highest BCUT2D eigenvalue weighted by molar-refractivity contribution is 9.10. The zero-order chi connectivity index (χ0) is 14.8. The van der Waals surface area contributed by atoms with Gasteiger partial charge >= 0.3 is 0 Å². The second-order valence-electron chi connectivity index (χ2n) is 4.18. The van der Waals surface area contributed by atoms with Crippen molar-refractivity contribution < 1.29 is 8.42 Å². The molecule has 0 saturated carbocycles. The molecule has 10 heteroatoms. The van der Waals surface area contributed by atoms with Gasteiger partial charge in [-0.1, -0.05) is 6.92 Å². The average molecular weight is 382 g/mol. The van der Waals surface area contributed by atoms with Crippen LogP contribution in [-0.4, -0.2) is 47.6 Å². The summed E-state index contributed by atoms with van der Waals surface area (Å²) in [5.74, 6) is 7.88. The highest BCUT2D eigenvalue weighted by Crippen LogP contribution is 2.33.